The van der Waals surface area contributed by atoms with Crippen LogP contribution in [-0.2, 0) is 19.7 Å². The van der Waals surface area contributed by atoms with Gasteiger partial charge in [-0.15, -0.1) is 0 Å². The molecule has 0 saturated carbocycles. The molecule has 0 heterocycles. The SMILES string of the molecule is CCO[Si](CCCc1ccccc1)(OCC)OCC.S.S.S.S. The van der Waals surface area contributed by atoms with Crippen LogP contribution in [0.3, 0.4) is 0 Å². The molecular weight excluding hydrogens is 385 g/mol. The Morgan fingerprint density at radius 3 is 1.57 bits per heavy atom. The molecule has 1 aromatic carbocycles. The molecule has 8 heteroatoms. The Morgan fingerprint density at radius 2 is 1.17 bits per heavy atom. The van der Waals surface area contributed by atoms with E-state index in [-0.39, 0.29) is 54.0 Å². The van der Waals surface area contributed by atoms with Gasteiger partial charge < -0.3 is 13.3 Å². The molecule has 140 valence electrons. The van der Waals surface area contributed by atoms with E-state index in [9.17, 15) is 0 Å². The van der Waals surface area contributed by atoms with Gasteiger partial charge in [0.25, 0.3) is 0 Å². The normalized spacial score (nSPS) is 9.70. The molecule has 0 aliphatic heterocycles. The molecule has 0 aliphatic carbocycles. The second kappa shape index (κ2) is 19.0. The highest BCUT2D eigenvalue weighted by Crippen LogP contribution is 2.19. The third kappa shape index (κ3) is 12.7. The van der Waals surface area contributed by atoms with Crippen LogP contribution in [0, 0.1) is 0 Å². The Kier molecular flexibility index (Phi) is 26.1. The number of aryl methyl sites for hydroxylation is 1. The Labute approximate surface area is 171 Å². The molecule has 23 heavy (non-hydrogen) atoms. The largest absolute Gasteiger partial charge is 0.500 e. The van der Waals surface area contributed by atoms with Gasteiger partial charge in [-0.25, -0.2) is 0 Å². The van der Waals surface area contributed by atoms with Crippen molar-refractivity contribution >= 4 is 62.8 Å². The van der Waals surface area contributed by atoms with E-state index in [1.54, 1.807) is 0 Å². The van der Waals surface area contributed by atoms with E-state index in [0.717, 1.165) is 18.9 Å². The van der Waals surface area contributed by atoms with E-state index in [1.807, 2.05) is 26.8 Å². The van der Waals surface area contributed by atoms with E-state index >= 15 is 0 Å². The summed E-state index contributed by atoms with van der Waals surface area (Å²) >= 11 is 0. The molecule has 0 aliphatic rings. The monoisotopic (exact) mass is 418 g/mol. The maximum Gasteiger partial charge on any atom is 0.500 e. The lowest BCUT2D eigenvalue weighted by molar-refractivity contribution is 0.0708. The van der Waals surface area contributed by atoms with Crippen LogP contribution in [0.2, 0.25) is 6.04 Å². The van der Waals surface area contributed by atoms with Gasteiger partial charge in [0.1, 0.15) is 0 Å². The van der Waals surface area contributed by atoms with Gasteiger partial charge in [0.05, 0.1) is 0 Å². The third-order valence-corrected chi connectivity index (χ3v) is 6.04. The highest BCUT2D eigenvalue weighted by Gasteiger charge is 2.39. The summed E-state index contributed by atoms with van der Waals surface area (Å²) in [5.74, 6) is 0. The first-order valence-corrected chi connectivity index (χ1v) is 9.15. The van der Waals surface area contributed by atoms with E-state index in [1.165, 1.54) is 5.56 Å². The maximum atomic E-state index is 5.84. The summed E-state index contributed by atoms with van der Waals surface area (Å²) in [6.07, 6.45) is 2.08. The summed E-state index contributed by atoms with van der Waals surface area (Å²) in [6, 6.07) is 11.4. The van der Waals surface area contributed by atoms with Crippen LogP contribution in [0.5, 0.6) is 0 Å². The minimum Gasteiger partial charge on any atom is -0.374 e. The molecule has 1 aromatic rings. The molecule has 0 atom stereocenters. The first-order valence-electron chi connectivity index (χ1n) is 7.22. The predicted octanol–water partition coefficient (Wildman–Crippen LogP) is 4.12. The van der Waals surface area contributed by atoms with E-state index in [4.69, 9.17) is 13.3 Å². The fraction of sp³-hybridized carbons (Fsp3) is 0.600. The van der Waals surface area contributed by atoms with Crippen molar-refractivity contribution in [3.05, 3.63) is 35.9 Å². The highest BCUT2D eigenvalue weighted by molar-refractivity contribution is 7.59. The lowest BCUT2D eigenvalue weighted by Crippen LogP contribution is -2.46. The van der Waals surface area contributed by atoms with Gasteiger partial charge in [-0.05, 0) is 39.2 Å². The van der Waals surface area contributed by atoms with Crippen LogP contribution in [-0.4, -0.2) is 28.6 Å². The van der Waals surface area contributed by atoms with E-state index in [0.29, 0.717) is 19.8 Å². The Balaban J connectivity index is -0.000000451. The Morgan fingerprint density at radius 1 is 0.739 bits per heavy atom. The van der Waals surface area contributed by atoms with Gasteiger partial charge in [0.15, 0.2) is 0 Å². The second-order valence-corrected chi connectivity index (χ2v) is 7.05. The van der Waals surface area contributed by atoms with Gasteiger partial charge in [0, 0.05) is 25.9 Å². The Bertz CT molecular complexity index is 328. The third-order valence-electron chi connectivity index (χ3n) is 2.88. The molecule has 3 nitrogen and oxygen atoms in total. The molecule has 0 bridgehead atoms. The van der Waals surface area contributed by atoms with Crippen molar-refractivity contribution in [2.24, 2.45) is 0 Å². The van der Waals surface area contributed by atoms with Gasteiger partial charge in [-0.1, -0.05) is 30.3 Å². The maximum absolute atomic E-state index is 5.84. The number of hydrogen-bond donors (Lipinski definition) is 0. The zero-order valence-corrected chi connectivity index (χ0v) is 19.4. The molecule has 0 radical (unpaired) electrons. The van der Waals surface area contributed by atoms with Crippen molar-refractivity contribution in [1.82, 2.24) is 0 Å². The van der Waals surface area contributed by atoms with Crippen molar-refractivity contribution in [1.29, 1.82) is 0 Å². The summed E-state index contributed by atoms with van der Waals surface area (Å²) < 4.78 is 17.5. The van der Waals surface area contributed by atoms with Gasteiger partial charge in [-0.3, -0.25) is 0 Å². The van der Waals surface area contributed by atoms with E-state index in [2.05, 4.69) is 24.3 Å². The zero-order valence-electron chi connectivity index (χ0n) is 14.4. The fourth-order valence-electron chi connectivity index (χ4n) is 2.15. The van der Waals surface area contributed by atoms with Crippen molar-refractivity contribution in [2.75, 3.05) is 19.8 Å². The van der Waals surface area contributed by atoms with Crippen molar-refractivity contribution in [3.8, 4) is 0 Å². The number of hydrogen-bond acceptors (Lipinski definition) is 3. The molecule has 0 unspecified atom stereocenters. The van der Waals surface area contributed by atoms with Gasteiger partial charge >= 0.3 is 8.80 Å². The topological polar surface area (TPSA) is 27.7 Å². The lowest BCUT2D eigenvalue weighted by Gasteiger charge is -2.28. The average Bonchev–Trinajstić information content (AvgIpc) is 2.41. The van der Waals surface area contributed by atoms with Crippen LogP contribution in [0.25, 0.3) is 0 Å². The van der Waals surface area contributed by atoms with E-state index < -0.39 is 8.80 Å². The van der Waals surface area contributed by atoms with Crippen LogP contribution in [0.4, 0.5) is 0 Å². The number of rotatable bonds is 10. The standard InChI is InChI=1S/C15H26O3Si.4H2S/c1-4-16-19(17-5-2,18-6-3)14-10-13-15-11-8-7-9-12-15;;;;/h7-9,11-12H,4-6,10,13-14H2,1-3H3;4*1H2. The molecular formula is C15H34O3S4Si. The minimum absolute atomic E-state index is 0. The van der Waals surface area contributed by atoms with Crippen molar-refractivity contribution in [2.45, 2.75) is 39.7 Å². The summed E-state index contributed by atoms with van der Waals surface area (Å²) in [7, 11) is -2.45. The second-order valence-electron chi connectivity index (χ2n) is 4.32. The first-order chi connectivity index (χ1) is 9.26. The molecule has 1 rings (SSSR count). The zero-order chi connectivity index (χ0) is 14.0. The molecule has 0 saturated heterocycles. The number of benzene rings is 1. The highest BCUT2D eigenvalue weighted by atomic mass is 32.1. The molecule has 0 aromatic heterocycles. The Hall–Kier alpha value is 0.717. The molecule has 0 amide bonds. The minimum atomic E-state index is -2.45. The average molecular weight is 419 g/mol. The predicted molar refractivity (Wildman–Crippen MR) is 122 cm³/mol. The van der Waals surface area contributed by atoms with Gasteiger partial charge in [-0.2, -0.15) is 54.0 Å². The summed E-state index contributed by atoms with van der Waals surface area (Å²) in [6.45, 7) is 7.94. The smallest absolute Gasteiger partial charge is 0.374 e. The molecule has 0 N–H and O–H groups in total. The van der Waals surface area contributed by atoms with Crippen molar-refractivity contribution < 1.29 is 13.3 Å². The van der Waals surface area contributed by atoms with Gasteiger partial charge in [0.2, 0.25) is 0 Å². The molecule has 0 fully saturated rings. The van der Waals surface area contributed by atoms with Crippen LogP contribution in [0.1, 0.15) is 32.8 Å². The summed E-state index contributed by atoms with van der Waals surface area (Å²) in [4.78, 5) is 0. The van der Waals surface area contributed by atoms with Crippen LogP contribution in [0.15, 0.2) is 30.3 Å². The summed E-state index contributed by atoms with van der Waals surface area (Å²) in [5, 5.41) is 0. The van der Waals surface area contributed by atoms with Crippen LogP contribution < -0.4 is 0 Å². The molecule has 0 spiro atoms. The first kappa shape index (κ1) is 31.5. The fourth-order valence-corrected chi connectivity index (χ4v) is 4.77. The van der Waals surface area contributed by atoms with Crippen LogP contribution >= 0.6 is 54.0 Å². The van der Waals surface area contributed by atoms with Crippen molar-refractivity contribution in [3.63, 3.8) is 0 Å². The lowest BCUT2D eigenvalue weighted by atomic mass is 10.1. The summed E-state index contributed by atoms with van der Waals surface area (Å²) in [5.41, 5.74) is 1.36. The quantitative estimate of drug-likeness (QED) is 0.535.